The molecule has 188 valence electrons. The fourth-order valence-corrected chi connectivity index (χ4v) is 4.68. The zero-order valence-electron chi connectivity index (χ0n) is 21.7. The second kappa shape index (κ2) is 9.71. The highest BCUT2D eigenvalue weighted by molar-refractivity contribution is 5.91. The summed E-state index contributed by atoms with van der Waals surface area (Å²) in [5, 5.41) is 3.34. The van der Waals surface area contributed by atoms with Gasteiger partial charge in [-0.3, -0.25) is 15.0 Å². The molecule has 5 aromatic rings. The molecule has 0 aliphatic heterocycles. The van der Waals surface area contributed by atoms with Crippen molar-refractivity contribution in [2.75, 3.05) is 26.5 Å². The van der Waals surface area contributed by atoms with E-state index in [0.29, 0.717) is 5.56 Å². The van der Waals surface area contributed by atoms with Crippen LogP contribution in [0.5, 0.6) is 0 Å². The maximum atomic E-state index is 13.9. The Morgan fingerprint density at radius 1 is 0.892 bits per heavy atom. The van der Waals surface area contributed by atoms with Crippen LogP contribution >= 0.6 is 0 Å². The number of H-pyrrole nitrogens is 1. The number of aromatic nitrogens is 5. The monoisotopic (exact) mass is 495 g/mol. The van der Waals surface area contributed by atoms with Crippen LogP contribution in [0.3, 0.4) is 0 Å². The Balaban J connectivity index is 1.60. The molecule has 4 heterocycles. The number of hydrogen-bond donors (Lipinski definition) is 2. The number of aromatic amines is 1. The van der Waals surface area contributed by atoms with Gasteiger partial charge in [0.05, 0.1) is 23.4 Å². The normalized spacial score (nSPS) is 11.9. The molecule has 4 aromatic heterocycles. The van der Waals surface area contributed by atoms with Gasteiger partial charge in [-0.2, -0.15) is 0 Å². The highest BCUT2D eigenvalue weighted by Crippen LogP contribution is 2.39. The lowest BCUT2D eigenvalue weighted by Gasteiger charge is -2.26. The first-order chi connectivity index (χ1) is 17.8. The molecule has 8 heteroatoms. The first-order valence-electron chi connectivity index (χ1n) is 12.1. The topological polar surface area (TPSA) is 82.6 Å². The number of halogens is 1. The van der Waals surface area contributed by atoms with E-state index < -0.39 is 11.2 Å². The number of hydrogen-bond acceptors (Lipinski definition) is 6. The molecule has 5 rings (SSSR count). The molecule has 0 fully saturated rings. The van der Waals surface area contributed by atoms with Crippen LogP contribution in [0.2, 0.25) is 0 Å². The van der Waals surface area contributed by atoms with Crippen molar-refractivity contribution in [1.82, 2.24) is 29.8 Å². The Hall–Kier alpha value is -4.17. The van der Waals surface area contributed by atoms with Crippen LogP contribution in [-0.4, -0.2) is 51.0 Å². The number of rotatable bonds is 7. The fourth-order valence-electron chi connectivity index (χ4n) is 4.68. The van der Waals surface area contributed by atoms with Crippen LogP contribution in [0.1, 0.15) is 30.8 Å². The molecular weight excluding hydrogens is 465 g/mol. The van der Waals surface area contributed by atoms with Gasteiger partial charge in [0.2, 0.25) is 0 Å². The lowest BCUT2D eigenvalue weighted by molar-refractivity contribution is 0.402. The molecule has 7 nitrogen and oxygen atoms in total. The standard InChI is InChI=1S/C29H30FN7/c1-29(2,28-35-26-16-34-15-23(27(26)36-28)21-9-22(30)14-33-13-21)24-10-19(6-7-25(24)31-3)20-8-18(11-32-12-20)17-37(4)5/h6-16,31H,17H2,1-5H3,(H,35,36). The molecule has 0 amide bonds. The molecule has 37 heavy (non-hydrogen) atoms. The van der Waals surface area contributed by atoms with E-state index in [1.54, 1.807) is 18.6 Å². The Bertz CT molecular complexity index is 1570. The molecule has 0 saturated carbocycles. The highest BCUT2D eigenvalue weighted by atomic mass is 19.1. The molecule has 0 atom stereocenters. The first kappa shape index (κ1) is 24.5. The van der Waals surface area contributed by atoms with Crippen LogP contribution < -0.4 is 5.32 Å². The Morgan fingerprint density at radius 2 is 1.65 bits per heavy atom. The number of anilines is 1. The van der Waals surface area contributed by atoms with E-state index in [9.17, 15) is 4.39 Å². The molecule has 0 aliphatic carbocycles. The third-order valence-corrected chi connectivity index (χ3v) is 6.59. The van der Waals surface area contributed by atoms with Crippen molar-refractivity contribution in [2.24, 2.45) is 0 Å². The average molecular weight is 496 g/mol. The molecule has 0 unspecified atom stereocenters. The van der Waals surface area contributed by atoms with Crippen LogP contribution in [0.4, 0.5) is 10.1 Å². The van der Waals surface area contributed by atoms with E-state index in [4.69, 9.17) is 4.98 Å². The maximum Gasteiger partial charge on any atom is 0.142 e. The van der Waals surface area contributed by atoms with Crippen molar-refractivity contribution < 1.29 is 4.39 Å². The predicted molar refractivity (Wildman–Crippen MR) is 146 cm³/mol. The second-order valence-electron chi connectivity index (χ2n) is 10.0. The summed E-state index contributed by atoms with van der Waals surface area (Å²) in [4.78, 5) is 23.4. The molecule has 2 N–H and O–H groups in total. The summed E-state index contributed by atoms with van der Waals surface area (Å²) < 4.78 is 13.9. The molecule has 0 radical (unpaired) electrons. The van der Waals surface area contributed by atoms with Crippen molar-refractivity contribution in [3.63, 3.8) is 0 Å². The summed E-state index contributed by atoms with van der Waals surface area (Å²) in [5.74, 6) is 0.388. The largest absolute Gasteiger partial charge is 0.388 e. The quantitative estimate of drug-likeness (QED) is 0.304. The number of pyridine rings is 3. The number of fused-ring (bicyclic) bond motifs is 1. The zero-order valence-corrected chi connectivity index (χ0v) is 21.7. The van der Waals surface area contributed by atoms with Crippen molar-refractivity contribution >= 4 is 16.7 Å². The van der Waals surface area contributed by atoms with E-state index in [2.05, 4.69) is 68.3 Å². The van der Waals surface area contributed by atoms with Gasteiger partial charge >= 0.3 is 0 Å². The summed E-state index contributed by atoms with van der Waals surface area (Å²) in [7, 11) is 6.02. The van der Waals surface area contributed by atoms with E-state index >= 15 is 0 Å². The molecule has 0 saturated heterocycles. The van der Waals surface area contributed by atoms with Crippen molar-refractivity contribution in [1.29, 1.82) is 0 Å². The Labute approximate surface area is 215 Å². The van der Waals surface area contributed by atoms with E-state index in [1.807, 2.05) is 33.5 Å². The third-order valence-electron chi connectivity index (χ3n) is 6.59. The molecule has 0 aliphatic rings. The highest BCUT2D eigenvalue weighted by Gasteiger charge is 2.30. The van der Waals surface area contributed by atoms with Gasteiger partial charge in [0.25, 0.3) is 0 Å². The summed E-state index contributed by atoms with van der Waals surface area (Å²) in [6.07, 6.45) is 10.1. The lowest BCUT2D eigenvalue weighted by atomic mass is 9.81. The second-order valence-corrected chi connectivity index (χ2v) is 10.0. The smallest absolute Gasteiger partial charge is 0.142 e. The van der Waals surface area contributed by atoms with Crippen LogP contribution in [-0.2, 0) is 12.0 Å². The Kier molecular flexibility index (Phi) is 6.43. The SMILES string of the molecule is CNc1ccc(-c2cncc(CN(C)C)c2)cc1C(C)(C)c1nc2c(-c3cncc(F)c3)cncc2[nH]1. The van der Waals surface area contributed by atoms with E-state index in [1.165, 1.54) is 12.3 Å². The number of nitrogens with one attached hydrogen (secondary N) is 2. The molecular formula is C29H30FN7. The number of benzene rings is 1. The average Bonchev–Trinajstić information content (AvgIpc) is 3.34. The third kappa shape index (κ3) is 4.80. The molecule has 0 spiro atoms. The van der Waals surface area contributed by atoms with Gasteiger partial charge in [-0.15, -0.1) is 0 Å². The summed E-state index contributed by atoms with van der Waals surface area (Å²) in [6, 6.07) is 10.0. The summed E-state index contributed by atoms with van der Waals surface area (Å²) >= 11 is 0. The van der Waals surface area contributed by atoms with Gasteiger partial charge in [-0.1, -0.05) is 6.07 Å². The van der Waals surface area contributed by atoms with Crippen LogP contribution in [0.25, 0.3) is 33.3 Å². The van der Waals surface area contributed by atoms with Crippen molar-refractivity contribution in [3.8, 4) is 22.3 Å². The minimum absolute atomic E-state index is 0.398. The Morgan fingerprint density at radius 3 is 2.41 bits per heavy atom. The summed E-state index contributed by atoms with van der Waals surface area (Å²) in [6.45, 7) is 5.11. The summed E-state index contributed by atoms with van der Waals surface area (Å²) in [5.41, 5.74) is 7.80. The minimum atomic E-state index is -0.487. The van der Waals surface area contributed by atoms with Gasteiger partial charge in [0, 0.05) is 66.2 Å². The molecule has 0 bridgehead atoms. The predicted octanol–water partition coefficient (Wildman–Crippen LogP) is 5.65. The van der Waals surface area contributed by atoms with Crippen molar-refractivity contribution in [3.05, 3.63) is 90.3 Å². The van der Waals surface area contributed by atoms with Crippen LogP contribution in [0.15, 0.2) is 67.5 Å². The lowest BCUT2D eigenvalue weighted by Crippen LogP contribution is -2.22. The first-order valence-corrected chi connectivity index (χ1v) is 12.1. The zero-order chi connectivity index (χ0) is 26.2. The van der Waals surface area contributed by atoms with Gasteiger partial charge in [0.1, 0.15) is 11.6 Å². The van der Waals surface area contributed by atoms with Gasteiger partial charge < -0.3 is 15.2 Å². The number of nitrogens with zero attached hydrogens (tertiary/aromatic N) is 5. The van der Waals surface area contributed by atoms with Crippen LogP contribution in [0, 0.1) is 5.82 Å². The fraction of sp³-hybridized carbons (Fsp3) is 0.241. The van der Waals surface area contributed by atoms with E-state index in [-0.39, 0.29) is 0 Å². The maximum absolute atomic E-state index is 13.9. The number of imidazole rings is 1. The van der Waals surface area contributed by atoms with Gasteiger partial charge in [-0.05, 0) is 68.9 Å². The van der Waals surface area contributed by atoms with Gasteiger partial charge in [-0.25, -0.2) is 9.37 Å². The molecule has 1 aromatic carbocycles. The van der Waals surface area contributed by atoms with E-state index in [0.717, 1.165) is 56.9 Å². The minimum Gasteiger partial charge on any atom is -0.388 e. The van der Waals surface area contributed by atoms with Crippen molar-refractivity contribution in [2.45, 2.75) is 25.8 Å². The van der Waals surface area contributed by atoms with Gasteiger partial charge in [0.15, 0.2) is 0 Å².